The van der Waals surface area contributed by atoms with Crippen molar-refractivity contribution in [2.45, 2.75) is 39.2 Å². The minimum absolute atomic E-state index is 0.106. The monoisotopic (exact) mass is 184 g/mol. The first kappa shape index (κ1) is 10.5. The minimum Gasteiger partial charge on any atom is -0.341 e. The Bertz CT molecular complexity index is 180. The van der Waals surface area contributed by atoms with Crippen LogP contribution < -0.4 is 5.73 Å². The van der Waals surface area contributed by atoms with Crippen LogP contribution in [0.5, 0.6) is 0 Å². The molecule has 3 heteroatoms. The second-order valence-corrected chi connectivity index (χ2v) is 4.15. The maximum absolute atomic E-state index is 11.6. The van der Waals surface area contributed by atoms with Crippen molar-refractivity contribution in [3.05, 3.63) is 0 Å². The molecule has 0 bridgehead atoms. The lowest BCUT2D eigenvalue weighted by atomic mass is 10.0. The Hall–Kier alpha value is -0.570. The number of amides is 1. The number of likely N-dealkylation sites (tertiary alicyclic amines) is 1. The van der Waals surface area contributed by atoms with Crippen molar-refractivity contribution >= 4 is 5.91 Å². The number of carbonyl (C=O) groups excluding carboxylic acids is 1. The summed E-state index contributed by atoms with van der Waals surface area (Å²) >= 11 is 0. The molecule has 0 aromatic heterocycles. The zero-order chi connectivity index (χ0) is 9.84. The van der Waals surface area contributed by atoms with E-state index in [2.05, 4.69) is 6.92 Å². The van der Waals surface area contributed by atoms with Crippen LogP contribution in [-0.4, -0.2) is 29.9 Å². The lowest BCUT2D eigenvalue weighted by Crippen LogP contribution is -2.42. The van der Waals surface area contributed by atoms with E-state index in [1.54, 1.807) is 6.92 Å². The summed E-state index contributed by atoms with van der Waals surface area (Å²) in [5.74, 6) is 0.861. The molecule has 2 unspecified atom stereocenters. The zero-order valence-corrected chi connectivity index (χ0v) is 8.62. The summed E-state index contributed by atoms with van der Waals surface area (Å²) in [6.45, 7) is 5.79. The molecule has 2 atom stereocenters. The summed E-state index contributed by atoms with van der Waals surface area (Å²) in [4.78, 5) is 13.5. The van der Waals surface area contributed by atoms with Gasteiger partial charge in [0.15, 0.2) is 0 Å². The normalized spacial score (nSPS) is 26.7. The molecule has 1 rings (SSSR count). The van der Waals surface area contributed by atoms with Crippen LogP contribution in [-0.2, 0) is 4.79 Å². The highest BCUT2D eigenvalue weighted by atomic mass is 16.2. The van der Waals surface area contributed by atoms with Crippen LogP contribution in [0.2, 0.25) is 0 Å². The lowest BCUT2D eigenvalue weighted by Gasteiger charge is -2.22. The number of rotatable bonds is 1. The van der Waals surface area contributed by atoms with Crippen molar-refractivity contribution in [1.29, 1.82) is 0 Å². The highest BCUT2D eigenvalue weighted by molar-refractivity contribution is 5.81. The summed E-state index contributed by atoms with van der Waals surface area (Å²) in [6, 6.07) is -0.339. The highest BCUT2D eigenvalue weighted by Gasteiger charge is 2.20. The molecule has 3 nitrogen and oxygen atoms in total. The van der Waals surface area contributed by atoms with Crippen LogP contribution in [0.3, 0.4) is 0 Å². The fourth-order valence-electron chi connectivity index (χ4n) is 1.77. The molecule has 1 amide bonds. The van der Waals surface area contributed by atoms with Gasteiger partial charge in [0.25, 0.3) is 0 Å². The Labute approximate surface area is 80.3 Å². The van der Waals surface area contributed by atoms with Crippen LogP contribution in [0.15, 0.2) is 0 Å². The molecule has 1 aliphatic rings. The summed E-state index contributed by atoms with van der Waals surface area (Å²) in [5.41, 5.74) is 5.56. The van der Waals surface area contributed by atoms with Gasteiger partial charge in [-0.05, 0) is 32.1 Å². The Morgan fingerprint density at radius 2 is 2.15 bits per heavy atom. The average Bonchev–Trinajstić information content (AvgIpc) is 2.28. The third kappa shape index (κ3) is 2.99. The molecule has 0 aliphatic carbocycles. The van der Waals surface area contributed by atoms with Crippen LogP contribution in [0.1, 0.15) is 33.1 Å². The van der Waals surface area contributed by atoms with Gasteiger partial charge in [0.05, 0.1) is 6.04 Å². The van der Waals surface area contributed by atoms with E-state index in [-0.39, 0.29) is 11.9 Å². The predicted molar refractivity (Wildman–Crippen MR) is 53.2 cm³/mol. The SMILES string of the molecule is CC1CCCN(C(=O)C(C)N)CC1. The zero-order valence-electron chi connectivity index (χ0n) is 8.62. The van der Waals surface area contributed by atoms with Crippen LogP contribution in [0.25, 0.3) is 0 Å². The van der Waals surface area contributed by atoms with E-state index in [4.69, 9.17) is 5.73 Å². The molecule has 1 saturated heterocycles. The Kier molecular flexibility index (Phi) is 3.72. The standard InChI is InChI=1S/C10H20N2O/c1-8-4-3-6-12(7-5-8)10(13)9(2)11/h8-9H,3-7,11H2,1-2H3. The van der Waals surface area contributed by atoms with E-state index in [9.17, 15) is 4.79 Å². The van der Waals surface area contributed by atoms with Gasteiger partial charge in [-0.25, -0.2) is 0 Å². The Morgan fingerprint density at radius 1 is 1.46 bits per heavy atom. The van der Waals surface area contributed by atoms with E-state index < -0.39 is 0 Å². The quantitative estimate of drug-likeness (QED) is 0.660. The molecule has 0 radical (unpaired) electrons. The lowest BCUT2D eigenvalue weighted by molar-refractivity contribution is -0.132. The number of nitrogens with two attached hydrogens (primary N) is 1. The topological polar surface area (TPSA) is 46.3 Å². The molecule has 0 spiro atoms. The summed E-state index contributed by atoms with van der Waals surface area (Å²) in [7, 11) is 0. The fourth-order valence-corrected chi connectivity index (χ4v) is 1.77. The first-order chi connectivity index (χ1) is 6.11. The third-order valence-corrected chi connectivity index (χ3v) is 2.72. The molecule has 76 valence electrons. The van der Waals surface area contributed by atoms with Crippen LogP contribution >= 0.6 is 0 Å². The highest BCUT2D eigenvalue weighted by Crippen LogP contribution is 2.16. The van der Waals surface area contributed by atoms with E-state index in [0.29, 0.717) is 0 Å². The van der Waals surface area contributed by atoms with Crippen molar-refractivity contribution in [3.8, 4) is 0 Å². The van der Waals surface area contributed by atoms with Gasteiger partial charge in [0, 0.05) is 13.1 Å². The van der Waals surface area contributed by atoms with Gasteiger partial charge in [-0.1, -0.05) is 6.92 Å². The van der Waals surface area contributed by atoms with Crippen molar-refractivity contribution in [2.24, 2.45) is 11.7 Å². The number of nitrogens with zero attached hydrogens (tertiary/aromatic N) is 1. The summed E-state index contributed by atoms with van der Waals surface area (Å²) in [5, 5.41) is 0. The van der Waals surface area contributed by atoms with Gasteiger partial charge in [0.1, 0.15) is 0 Å². The smallest absolute Gasteiger partial charge is 0.239 e. The van der Waals surface area contributed by atoms with E-state index >= 15 is 0 Å². The second kappa shape index (κ2) is 4.61. The molecule has 1 heterocycles. The van der Waals surface area contributed by atoms with Gasteiger partial charge >= 0.3 is 0 Å². The molecule has 0 aromatic rings. The maximum Gasteiger partial charge on any atom is 0.239 e. The first-order valence-corrected chi connectivity index (χ1v) is 5.15. The number of hydrogen-bond acceptors (Lipinski definition) is 2. The molecule has 2 N–H and O–H groups in total. The maximum atomic E-state index is 11.6. The number of hydrogen-bond donors (Lipinski definition) is 1. The first-order valence-electron chi connectivity index (χ1n) is 5.15. The van der Waals surface area contributed by atoms with Crippen LogP contribution in [0.4, 0.5) is 0 Å². The molecule has 1 aliphatic heterocycles. The van der Waals surface area contributed by atoms with Gasteiger partial charge in [-0.2, -0.15) is 0 Å². The largest absolute Gasteiger partial charge is 0.341 e. The average molecular weight is 184 g/mol. The van der Waals surface area contributed by atoms with Crippen molar-refractivity contribution in [2.75, 3.05) is 13.1 Å². The van der Waals surface area contributed by atoms with E-state index in [1.807, 2.05) is 4.90 Å². The Morgan fingerprint density at radius 3 is 2.77 bits per heavy atom. The molecular weight excluding hydrogens is 164 g/mol. The predicted octanol–water partition coefficient (Wildman–Crippen LogP) is 0.982. The fraction of sp³-hybridized carbons (Fsp3) is 0.900. The van der Waals surface area contributed by atoms with Crippen molar-refractivity contribution < 1.29 is 4.79 Å². The summed E-state index contributed by atoms with van der Waals surface area (Å²) < 4.78 is 0. The van der Waals surface area contributed by atoms with E-state index in [0.717, 1.165) is 31.8 Å². The molecule has 0 aromatic carbocycles. The molecule has 1 fully saturated rings. The second-order valence-electron chi connectivity index (χ2n) is 4.15. The van der Waals surface area contributed by atoms with Gasteiger partial charge in [0.2, 0.25) is 5.91 Å². The van der Waals surface area contributed by atoms with Crippen molar-refractivity contribution in [3.63, 3.8) is 0 Å². The van der Waals surface area contributed by atoms with Gasteiger partial charge in [-0.15, -0.1) is 0 Å². The van der Waals surface area contributed by atoms with Crippen LogP contribution in [0, 0.1) is 5.92 Å². The molecule has 0 saturated carbocycles. The minimum atomic E-state index is -0.339. The molecule has 13 heavy (non-hydrogen) atoms. The van der Waals surface area contributed by atoms with Crippen molar-refractivity contribution in [1.82, 2.24) is 4.90 Å². The van der Waals surface area contributed by atoms with E-state index in [1.165, 1.54) is 6.42 Å². The van der Waals surface area contributed by atoms with Gasteiger partial charge < -0.3 is 10.6 Å². The number of carbonyl (C=O) groups is 1. The van der Waals surface area contributed by atoms with Gasteiger partial charge in [-0.3, -0.25) is 4.79 Å². The third-order valence-electron chi connectivity index (χ3n) is 2.72. The summed E-state index contributed by atoms with van der Waals surface area (Å²) in [6.07, 6.45) is 3.49. The Balaban J connectivity index is 2.46. The molecular formula is C10H20N2O.